The van der Waals surface area contributed by atoms with Gasteiger partial charge in [0.1, 0.15) is 0 Å². The van der Waals surface area contributed by atoms with Crippen molar-refractivity contribution < 1.29 is 9.72 Å². The lowest BCUT2D eigenvalue weighted by Gasteiger charge is -2.00. The largest absolute Gasteiger partial charge is 0.298 e. The van der Waals surface area contributed by atoms with E-state index in [2.05, 4.69) is 4.98 Å². The number of rotatable bonds is 4. The zero-order chi connectivity index (χ0) is 13.1. The standard InChI is InChI=1S/C11H8N2O3S2/c1-7-6-17-11(12-7)18-9-2-3-10(13(15)16)8(4-9)5-14/h2-6H,1H3. The van der Waals surface area contributed by atoms with Crippen LogP contribution in [0.1, 0.15) is 16.1 Å². The Morgan fingerprint density at radius 3 is 2.83 bits per heavy atom. The lowest BCUT2D eigenvalue weighted by atomic mass is 10.2. The van der Waals surface area contributed by atoms with Gasteiger partial charge in [-0.05, 0) is 19.1 Å². The first-order chi connectivity index (χ1) is 8.60. The van der Waals surface area contributed by atoms with Crippen molar-refractivity contribution in [3.8, 4) is 0 Å². The molecule has 0 aliphatic carbocycles. The van der Waals surface area contributed by atoms with Crippen molar-refractivity contribution in [2.45, 2.75) is 16.2 Å². The van der Waals surface area contributed by atoms with Crippen molar-refractivity contribution in [2.75, 3.05) is 0 Å². The number of aldehydes is 1. The topological polar surface area (TPSA) is 73.1 Å². The molecular formula is C11H8N2O3S2. The third kappa shape index (κ3) is 2.74. The third-order valence-electron chi connectivity index (χ3n) is 2.13. The van der Waals surface area contributed by atoms with Gasteiger partial charge >= 0.3 is 0 Å². The number of nitro benzene ring substituents is 1. The van der Waals surface area contributed by atoms with Gasteiger partial charge in [0.05, 0.1) is 10.5 Å². The fourth-order valence-corrected chi connectivity index (χ4v) is 3.20. The van der Waals surface area contributed by atoms with Gasteiger partial charge in [-0.25, -0.2) is 4.98 Å². The van der Waals surface area contributed by atoms with E-state index in [4.69, 9.17) is 0 Å². The van der Waals surface area contributed by atoms with Gasteiger partial charge < -0.3 is 0 Å². The van der Waals surface area contributed by atoms with Gasteiger partial charge in [-0.3, -0.25) is 14.9 Å². The van der Waals surface area contributed by atoms with Gasteiger partial charge in [-0.15, -0.1) is 11.3 Å². The summed E-state index contributed by atoms with van der Waals surface area (Å²) in [5, 5.41) is 12.6. The van der Waals surface area contributed by atoms with Crippen LogP contribution in [0.3, 0.4) is 0 Å². The summed E-state index contributed by atoms with van der Waals surface area (Å²) < 4.78 is 0.846. The molecule has 0 aliphatic rings. The molecule has 0 amide bonds. The minimum Gasteiger partial charge on any atom is -0.298 e. The maximum atomic E-state index is 10.8. The number of nitrogens with zero attached hydrogens (tertiary/aromatic N) is 2. The van der Waals surface area contributed by atoms with Crippen LogP contribution in [0.4, 0.5) is 5.69 Å². The predicted octanol–water partition coefficient (Wildman–Crippen LogP) is 3.32. The van der Waals surface area contributed by atoms with E-state index in [0.717, 1.165) is 14.9 Å². The van der Waals surface area contributed by atoms with Gasteiger partial charge in [0, 0.05) is 22.0 Å². The van der Waals surface area contributed by atoms with Gasteiger partial charge in [-0.2, -0.15) is 0 Å². The monoisotopic (exact) mass is 280 g/mol. The van der Waals surface area contributed by atoms with Gasteiger partial charge in [0.2, 0.25) is 0 Å². The number of hydrogen-bond donors (Lipinski definition) is 0. The number of aromatic nitrogens is 1. The second-order valence-electron chi connectivity index (χ2n) is 3.45. The number of benzene rings is 1. The highest BCUT2D eigenvalue weighted by Gasteiger charge is 2.14. The minimum absolute atomic E-state index is 0.0817. The number of aryl methyl sites for hydroxylation is 1. The summed E-state index contributed by atoms with van der Waals surface area (Å²) >= 11 is 2.88. The molecule has 2 aromatic rings. The molecule has 0 saturated heterocycles. The van der Waals surface area contributed by atoms with Crippen molar-refractivity contribution in [2.24, 2.45) is 0 Å². The third-order valence-corrected chi connectivity index (χ3v) is 4.17. The maximum absolute atomic E-state index is 10.8. The molecule has 7 heteroatoms. The van der Waals surface area contributed by atoms with Crippen molar-refractivity contribution in [3.05, 3.63) is 45.0 Å². The molecule has 0 N–H and O–H groups in total. The SMILES string of the molecule is Cc1csc(Sc2ccc([N+](=O)[O-])c(C=O)c2)n1. The predicted molar refractivity (Wildman–Crippen MR) is 69.5 cm³/mol. The lowest BCUT2D eigenvalue weighted by molar-refractivity contribution is -0.385. The van der Waals surface area contributed by atoms with E-state index in [0.29, 0.717) is 6.29 Å². The van der Waals surface area contributed by atoms with Crippen molar-refractivity contribution in [1.29, 1.82) is 0 Å². The van der Waals surface area contributed by atoms with Gasteiger partial charge in [-0.1, -0.05) is 11.8 Å². The van der Waals surface area contributed by atoms with Crippen molar-refractivity contribution in [1.82, 2.24) is 4.98 Å². The fourth-order valence-electron chi connectivity index (χ4n) is 1.34. The van der Waals surface area contributed by atoms with Crippen LogP contribution in [0.2, 0.25) is 0 Å². The number of thiazole rings is 1. The summed E-state index contributed by atoms with van der Waals surface area (Å²) in [7, 11) is 0. The molecule has 2 rings (SSSR count). The summed E-state index contributed by atoms with van der Waals surface area (Å²) in [5.74, 6) is 0. The van der Waals surface area contributed by atoms with E-state index in [1.807, 2.05) is 12.3 Å². The molecule has 0 aliphatic heterocycles. The van der Waals surface area contributed by atoms with Crippen LogP contribution in [0.25, 0.3) is 0 Å². The normalized spacial score (nSPS) is 10.3. The molecule has 1 heterocycles. The first-order valence-electron chi connectivity index (χ1n) is 4.94. The van der Waals surface area contributed by atoms with Crippen LogP contribution in [-0.4, -0.2) is 16.2 Å². The molecule has 92 valence electrons. The van der Waals surface area contributed by atoms with Gasteiger partial charge in [0.15, 0.2) is 10.6 Å². The Bertz CT molecular complexity index is 610. The van der Waals surface area contributed by atoms with Crippen molar-refractivity contribution >= 4 is 35.1 Å². The Balaban J connectivity index is 2.30. The number of hydrogen-bond acceptors (Lipinski definition) is 6. The zero-order valence-corrected chi connectivity index (χ0v) is 11.0. The molecule has 0 spiro atoms. The minimum atomic E-state index is -0.564. The van der Waals surface area contributed by atoms with Crippen LogP contribution < -0.4 is 0 Å². The first-order valence-corrected chi connectivity index (χ1v) is 6.63. The molecule has 1 aromatic carbocycles. The van der Waals surface area contributed by atoms with E-state index in [-0.39, 0.29) is 11.3 Å². The second-order valence-corrected chi connectivity index (χ2v) is 5.63. The van der Waals surface area contributed by atoms with E-state index in [9.17, 15) is 14.9 Å². The number of nitro groups is 1. The van der Waals surface area contributed by atoms with Crippen LogP contribution in [0, 0.1) is 17.0 Å². The van der Waals surface area contributed by atoms with Crippen LogP contribution >= 0.6 is 23.1 Å². The number of carbonyl (C=O) groups is 1. The molecule has 5 nitrogen and oxygen atoms in total. The smallest absolute Gasteiger partial charge is 0.279 e. The van der Waals surface area contributed by atoms with E-state index in [1.165, 1.54) is 35.2 Å². The summed E-state index contributed by atoms with van der Waals surface area (Å²) in [6.45, 7) is 1.90. The molecule has 0 unspecified atom stereocenters. The average molecular weight is 280 g/mol. The maximum Gasteiger partial charge on any atom is 0.279 e. The van der Waals surface area contributed by atoms with Crippen LogP contribution in [0.15, 0.2) is 32.8 Å². The molecule has 0 bridgehead atoms. The van der Waals surface area contributed by atoms with E-state index in [1.54, 1.807) is 6.07 Å². The first kappa shape index (κ1) is 12.7. The van der Waals surface area contributed by atoms with Crippen molar-refractivity contribution in [3.63, 3.8) is 0 Å². The second kappa shape index (κ2) is 5.28. The summed E-state index contributed by atoms with van der Waals surface area (Å²) in [5.41, 5.74) is 0.836. The molecular weight excluding hydrogens is 272 g/mol. The molecule has 1 aromatic heterocycles. The fraction of sp³-hybridized carbons (Fsp3) is 0.0909. The molecule has 0 saturated carbocycles. The molecule has 0 radical (unpaired) electrons. The molecule has 0 fully saturated rings. The zero-order valence-electron chi connectivity index (χ0n) is 9.32. The highest BCUT2D eigenvalue weighted by atomic mass is 32.2. The Labute approximate surface area is 111 Å². The Kier molecular flexibility index (Phi) is 3.73. The van der Waals surface area contributed by atoms with E-state index >= 15 is 0 Å². The number of carbonyl (C=O) groups excluding carboxylic acids is 1. The average Bonchev–Trinajstić information content (AvgIpc) is 2.74. The van der Waals surface area contributed by atoms with E-state index < -0.39 is 4.92 Å². The summed E-state index contributed by atoms with van der Waals surface area (Å²) in [6, 6.07) is 4.46. The highest BCUT2D eigenvalue weighted by molar-refractivity contribution is 8.01. The Hall–Kier alpha value is -1.73. The Morgan fingerprint density at radius 1 is 1.50 bits per heavy atom. The van der Waals surface area contributed by atoms with Crippen LogP contribution in [-0.2, 0) is 0 Å². The quantitative estimate of drug-likeness (QED) is 0.488. The Morgan fingerprint density at radius 2 is 2.28 bits per heavy atom. The summed E-state index contributed by atoms with van der Waals surface area (Å²) in [4.78, 5) is 26.0. The highest BCUT2D eigenvalue weighted by Crippen LogP contribution is 2.32. The summed E-state index contributed by atoms with van der Waals surface area (Å²) in [6.07, 6.45) is 0.495. The van der Waals surface area contributed by atoms with Crippen LogP contribution in [0.5, 0.6) is 0 Å². The lowest BCUT2D eigenvalue weighted by Crippen LogP contribution is -1.94. The molecule has 18 heavy (non-hydrogen) atoms. The van der Waals surface area contributed by atoms with Gasteiger partial charge in [0.25, 0.3) is 5.69 Å². The molecule has 0 atom stereocenters.